The van der Waals surface area contributed by atoms with Crippen molar-refractivity contribution in [1.29, 1.82) is 0 Å². The van der Waals surface area contributed by atoms with E-state index in [1.54, 1.807) is 0 Å². The molecular weight excluding hydrogens is 420 g/mol. The van der Waals surface area contributed by atoms with E-state index in [9.17, 15) is 19.7 Å². The number of carbonyl (C=O) groups excluding carboxylic acids is 2. The molecule has 2 aromatic carbocycles. The maximum atomic E-state index is 12.6. The van der Waals surface area contributed by atoms with E-state index in [4.69, 9.17) is 30.5 Å². The summed E-state index contributed by atoms with van der Waals surface area (Å²) in [5.41, 5.74) is -0.0555. The van der Waals surface area contributed by atoms with Crippen molar-refractivity contribution in [3.8, 4) is 17.2 Å². The Morgan fingerprint density at radius 3 is 2.27 bits per heavy atom. The van der Waals surface area contributed by atoms with Crippen molar-refractivity contribution in [3.63, 3.8) is 0 Å². The summed E-state index contributed by atoms with van der Waals surface area (Å²) >= 11 is 5.96. The third-order valence-corrected chi connectivity index (χ3v) is 4.31. The molecule has 30 heavy (non-hydrogen) atoms. The van der Waals surface area contributed by atoms with Gasteiger partial charge >= 0.3 is 5.97 Å². The number of benzene rings is 2. The van der Waals surface area contributed by atoms with Gasteiger partial charge in [0, 0.05) is 12.1 Å². The fraction of sp³-hybridized carbons (Fsp3) is 0.263. The number of hydrogen-bond acceptors (Lipinski definition) is 8. The average molecular weight is 439 g/mol. The van der Waals surface area contributed by atoms with Gasteiger partial charge in [-0.15, -0.1) is 0 Å². The number of hydrogen-bond donors (Lipinski definition) is 1. The number of methoxy groups -OCH3 is 3. The Balaban J connectivity index is 2.16. The number of non-ortho nitro benzene ring substituents is 1. The van der Waals surface area contributed by atoms with Gasteiger partial charge in [0.2, 0.25) is 5.75 Å². The molecule has 1 unspecified atom stereocenters. The number of nitrogens with one attached hydrogen (secondary N) is 1. The summed E-state index contributed by atoms with van der Waals surface area (Å²) in [6, 6.07) is 6.49. The van der Waals surface area contributed by atoms with E-state index in [1.807, 2.05) is 0 Å². The monoisotopic (exact) mass is 438 g/mol. The lowest BCUT2D eigenvalue weighted by molar-refractivity contribution is -0.384. The van der Waals surface area contributed by atoms with Gasteiger partial charge in [0.05, 0.1) is 37.0 Å². The summed E-state index contributed by atoms with van der Waals surface area (Å²) in [7, 11) is 4.17. The molecule has 1 atom stereocenters. The van der Waals surface area contributed by atoms with Crippen LogP contribution in [0, 0.1) is 10.1 Å². The van der Waals surface area contributed by atoms with Crippen molar-refractivity contribution < 1.29 is 33.5 Å². The normalized spacial score (nSPS) is 11.2. The van der Waals surface area contributed by atoms with Gasteiger partial charge in [0.25, 0.3) is 11.6 Å². The predicted molar refractivity (Wildman–Crippen MR) is 108 cm³/mol. The lowest BCUT2D eigenvalue weighted by Gasteiger charge is -2.17. The summed E-state index contributed by atoms with van der Waals surface area (Å²) in [6.45, 7) is 1.36. The summed E-state index contributed by atoms with van der Waals surface area (Å²) in [5.74, 6) is -0.870. The number of esters is 1. The fourth-order valence-corrected chi connectivity index (χ4v) is 2.71. The molecule has 0 saturated heterocycles. The van der Waals surface area contributed by atoms with Crippen molar-refractivity contribution >= 4 is 34.9 Å². The topological polar surface area (TPSA) is 126 Å². The van der Waals surface area contributed by atoms with Crippen LogP contribution in [0.15, 0.2) is 30.3 Å². The minimum Gasteiger partial charge on any atom is -0.493 e. The number of carbonyl (C=O) groups is 2. The zero-order valence-corrected chi connectivity index (χ0v) is 17.3. The van der Waals surface area contributed by atoms with Gasteiger partial charge in [-0.1, -0.05) is 11.6 Å². The Labute approximate surface area is 176 Å². The molecular formula is C19H19ClN2O8. The smallest absolute Gasteiger partial charge is 0.342 e. The molecule has 2 aromatic rings. The molecule has 1 N–H and O–H groups in total. The largest absolute Gasteiger partial charge is 0.493 e. The standard InChI is InChI=1S/C19H19ClN2O8/c1-10(18(23)21-14-7-5-11(22(25)26)9-13(14)20)30-19(24)12-6-8-15(27-2)17(29-4)16(12)28-3/h5-10H,1-4H3,(H,21,23). The number of nitro benzene ring substituents is 1. The predicted octanol–water partition coefficient (Wildman–Crippen LogP) is 3.46. The lowest BCUT2D eigenvalue weighted by atomic mass is 10.1. The van der Waals surface area contributed by atoms with Gasteiger partial charge in [0.1, 0.15) is 5.56 Å². The van der Waals surface area contributed by atoms with Crippen molar-refractivity contribution in [2.75, 3.05) is 26.6 Å². The van der Waals surface area contributed by atoms with E-state index in [1.165, 1.54) is 52.5 Å². The molecule has 11 heteroatoms. The number of nitro groups is 1. The van der Waals surface area contributed by atoms with Crippen LogP contribution in [0.3, 0.4) is 0 Å². The first-order chi connectivity index (χ1) is 14.2. The Morgan fingerprint density at radius 2 is 1.73 bits per heavy atom. The molecule has 1 amide bonds. The zero-order chi connectivity index (χ0) is 22.4. The van der Waals surface area contributed by atoms with Gasteiger partial charge in [0.15, 0.2) is 17.6 Å². The van der Waals surface area contributed by atoms with Gasteiger partial charge in [-0.05, 0) is 25.1 Å². The van der Waals surface area contributed by atoms with Crippen molar-refractivity contribution in [2.24, 2.45) is 0 Å². The number of amides is 1. The molecule has 0 aliphatic heterocycles. The van der Waals surface area contributed by atoms with Crippen molar-refractivity contribution in [2.45, 2.75) is 13.0 Å². The van der Waals surface area contributed by atoms with Crippen LogP contribution in [0.5, 0.6) is 17.2 Å². The Morgan fingerprint density at radius 1 is 1.07 bits per heavy atom. The van der Waals surface area contributed by atoms with Crippen LogP contribution in [0.1, 0.15) is 17.3 Å². The first kappa shape index (κ1) is 22.8. The number of ether oxygens (including phenoxy) is 4. The summed E-state index contributed by atoms with van der Waals surface area (Å²) in [6.07, 6.45) is -1.21. The van der Waals surface area contributed by atoms with Crippen LogP contribution in [-0.4, -0.2) is 44.2 Å². The van der Waals surface area contributed by atoms with E-state index in [0.29, 0.717) is 5.75 Å². The average Bonchev–Trinajstić information content (AvgIpc) is 2.73. The van der Waals surface area contributed by atoms with Crippen LogP contribution in [0.25, 0.3) is 0 Å². The molecule has 0 aliphatic rings. The van der Waals surface area contributed by atoms with Crippen LogP contribution in [-0.2, 0) is 9.53 Å². The third-order valence-electron chi connectivity index (χ3n) is 4.00. The quantitative estimate of drug-likeness (QED) is 0.377. The highest BCUT2D eigenvalue weighted by atomic mass is 35.5. The van der Waals surface area contributed by atoms with Crippen molar-refractivity contribution in [1.82, 2.24) is 0 Å². The molecule has 0 spiro atoms. The van der Waals surface area contributed by atoms with E-state index >= 15 is 0 Å². The molecule has 10 nitrogen and oxygen atoms in total. The number of nitrogens with zero attached hydrogens (tertiary/aromatic N) is 1. The maximum absolute atomic E-state index is 12.6. The van der Waals surface area contributed by atoms with Gasteiger partial charge in [-0.3, -0.25) is 14.9 Å². The molecule has 0 saturated carbocycles. The molecule has 160 valence electrons. The minimum absolute atomic E-state index is 0.0300. The first-order valence-corrected chi connectivity index (χ1v) is 8.86. The summed E-state index contributed by atoms with van der Waals surface area (Å²) in [5, 5.41) is 13.2. The van der Waals surface area contributed by atoms with Gasteiger partial charge in [-0.25, -0.2) is 4.79 Å². The number of rotatable bonds is 8. The summed E-state index contributed by atoms with van der Waals surface area (Å²) in [4.78, 5) is 35.1. The van der Waals surface area contributed by atoms with E-state index in [0.717, 1.165) is 6.07 Å². The Hall–Kier alpha value is -3.53. The van der Waals surface area contributed by atoms with Crippen molar-refractivity contribution in [3.05, 3.63) is 51.0 Å². The molecule has 0 fully saturated rings. The second-order valence-corrected chi connectivity index (χ2v) is 6.25. The molecule has 2 rings (SSSR count). The minimum atomic E-state index is -1.21. The zero-order valence-electron chi connectivity index (χ0n) is 16.6. The third kappa shape index (κ3) is 4.90. The number of halogens is 1. The van der Waals surface area contributed by atoms with E-state index in [-0.39, 0.29) is 33.5 Å². The molecule has 0 bridgehead atoms. The fourth-order valence-electron chi connectivity index (χ4n) is 2.49. The first-order valence-electron chi connectivity index (χ1n) is 8.48. The van der Waals surface area contributed by atoms with Crippen LogP contribution in [0.2, 0.25) is 5.02 Å². The van der Waals surface area contributed by atoms with Crippen LogP contribution >= 0.6 is 11.6 Å². The lowest BCUT2D eigenvalue weighted by Crippen LogP contribution is -2.30. The molecule has 0 aliphatic carbocycles. The molecule has 0 radical (unpaired) electrons. The van der Waals surface area contributed by atoms with Gasteiger partial charge < -0.3 is 24.3 Å². The van der Waals surface area contributed by atoms with Gasteiger partial charge in [-0.2, -0.15) is 0 Å². The SMILES string of the molecule is COc1ccc(C(=O)OC(C)C(=O)Nc2ccc([N+](=O)[O-])cc2Cl)c(OC)c1OC. The second-order valence-electron chi connectivity index (χ2n) is 5.84. The Kier molecular flexibility index (Phi) is 7.43. The maximum Gasteiger partial charge on any atom is 0.342 e. The van der Waals surface area contributed by atoms with E-state index < -0.39 is 22.9 Å². The highest BCUT2D eigenvalue weighted by molar-refractivity contribution is 6.34. The highest BCUT2D eigenvalue weighted by Crippen LogP contribution is 2.40. The molecule has 0 heterocycles. The second kappa shape index (κ2) is 9.79. The van der Waals surface area contributed by atoms with Crippen LogP contribution < -0.4 is 19.5 Å². The molecule has 0 aromatic heterocycles. The summed E-state index contributed by atoms with van der Waals surface area (Å²) < 4.78 is 20.8. The van der Waals surface area contributed by atoms with Crippen LogP contribution in [0.4, 0.5) is 11.4 Å². The number of anilines is 1. The Bertz CT molecular complexity index is 979. The van der Waals surface area contributed by atoms with E-state index in [2.05, 4.69) is 5.32 Å². The highest BCUT2D eigenvalue weighted by Gasteiger charge is 2.25.